The number of pyridine rings is 1. The predicted molar refractivity (Wildman–Crippen MR) is 114 cm³/mol. The Morgan fingerprint density at radius 2 is 2.11 bits per heavy atom. The first kappa shape index (κ1) is 19.5. The Hall–Kier alpha value is -3.22. The van der Waals surface area contributed by atoms with E-state index in [2.05, 4.69) is 66.3 Å². The summed E-state index contributed by atoms with van der Waals surface area (Å²) < 4.78 is 0. The number of nitrogens with one attached hydrogen (secondary N) is 1. The molecule has 2 aromatic rings. The molecule has 0 bridgehead atoms. The van der Waals surface area contributed by atoms with Crippen LogP contribution in [0, 0.1) is 10.1 Å². The number of hydrazone groups is 1. The van der Waals surface area contributed by atoms with Crippen molar-refractivity contribution in [1.82, 2.24) is 4.98 Å². The molecule has 1 aromatic carbocycles. The van der Waals surface area contributed by atoms with E-state index in [4.69, 9.17) is 0 Å². The molecule has 7 nitrogen and oxygen atoms in total. The third kappa shape index (κ3) is 4.03. The minimum absolute atomic E-state index is 0.00809. The maximum absolute atomic E-state index is 10.7. The van der Waals surface area contributed by atoms with Crippen LogP contribution < -0.4 is 10.3 Å². The van der Waals surface area contributed by atoms with Crippen molar-refractivity contribution in [3.63, 3.8) is 0 Å². The first-order chi connectivity index (χ1) is 13.3. The van der Waals surface area contributed by atoms with Crippen LogP contribution in [0.3, 0.4) is 0 Å². The van der Waals surface area contributed by atoms with Crippen LogP contribution in [0.2, 0.25) is 0 Å². The minimum Gasteiger partial charge on any atom is -0.362 e. The Labute approximate surface area is 164 Å². The highest BCUT2D eigenvalue weighted by molar-refractivity contribution is 5.88. The lowest BCUT2D eigenvalue weighted by Gasteiger charge is -2.43. The summed E-state index contributed by atoms with van der Waals surface area (Å²) in [5.41, 5.74) is 7.43. The van der Waals surface area contributed by atoms with Crippen LogP contribution in [0.1, 0.15) is 45.2 Å². The standard InChI is InChI=1S/C21H25N5O2/c1-5-10-25-19-8-6-16(11-18(19)15(2)12-21(25,3)4)13-23-24-20-9-7-17(14-22-20)26(27)28/h6-9,11-14H,5,10H2,1-4H3,(H,22,24)/b23-13-. The van der Waals surface area contributed by atoms with Crippen molar-refractivity contribution < 1.29 is 4.92 Å². The number of fused-ring (bicyclic) bond motifs is 1. The second kappa shape index (κ2) is 7.80. The molecule has 1 aliphatic heterocycles. The molecule has 0 saturated carbocycles. The Bertz CT molecular complexity index is 932. The van der Waals surface area contributed by atoms with Gasteiger partial charge in [-0.05, 0) is 56.5 Å². The van der Waals surface area contributed by atoms with E-state index in [0.717, 1.165) is 18.5 Å². The number of benzene rings is 1. The van der Waals surface area contributed by atoms with Gasteiger partial charge in [0.1, 0.15) is 12.0 Å². The van der Waals surface area contributed by atoms with E-state index in [9.17, 15) is 10.1 Å². The van der Waals surface area contributed by atoms with Gasteiger partial charge in [-0.25, -0.2) is 4.98 Å². The average Bonchev–Trinajstić information content (AvgIpc) is 2.65. The van der Waals surface area contributed by atoms with Crippen molar-refractivity contribution in [3.8, 4) is 0 Å². The minimum atomic E-state index is -0.480. The number of hydrogen-bond donors (Lipinski definition) is 1. The molecule has 0 radical (unpaired) electrons. The summed E-state index contributed by atoms with van der Waals surface area (Å²) in [5, 5.41) is 14.9. The number of aromatic nitrogens is 1. The van der Waals surface area contributed by atoms with Gasteiger partial charge in [0, 0.05) is 23.9 Å². The summed E-state index contributed by atoms with van der Waals surface area (Å²) in [6, 6.07) is 9.24. The van der Waals surface area contributed by atoms with Gasteiger partial charge in [-0.1, -0.05) is 19.1 Å². The van der Waals surface area contributed by atoms with Crippen molar-refractivity contribution in [2.45, 2.75) is 39.7 Å². The van der Waals surface area contributed by atoms with Crippen molar-refractivity contribution >= 4 is 29.0 Å². The van der Waals surface area contributed by atoms with E-state index in [1.54, 1.807) is 6.21 Å². The molecule has 1 aliphatic rings. The number of anilines is 2. The van der Waals surface area contributed by atoms with Gasteiger partial charge < -0.3 is 4.90 Å². The third-order valence-corrected chi connectivity index (χ3v) is 4.80. The summed E-state index contributed by atoms with van der Waals surface area (Å²) in [7, 11) is 0. The van der Waals surface area contributed by atoms with E-state index in [1.807, 2.05) is 6.07 Å². The maximum atomic E-state index is 10.7. The van der Waals surface area contributed by atoms with Crippen LogP contribution in [-0.2, 0) is 0 Å². The Kier molecular flexibility index (Phi) is 5.44. The Balaban J connectivity index is 1.79. The molecule has 1 aromatic heterocycles. The zero-order valence-electron chi connectivity index (χ0n) is 16.6. The number of nitrogens with zero attached hydrogens (tertiary/aromatic N) is 4. The van der Waals surface area contributed by atoms with Gasteiger partial charge in [-0.3, -0.25) is 15.5 Å². The lowest BCUT2D eigenvalue weighted by molar-refractivity contribution is -0.385. The van der Waals surface area contributed by atoms with Gasteiger partial charge in [0.2, 0.25) is 0 Å². The fourth-order valence-electron chi connectivity index (χ4n) is 3.55. The summed E-state index contributed by atoms with van der Waals surface area (Å²) in [6.45, 7) is 9.82. The normalized spacial score (nSPS) is 15.3. The number of allylic oxidation sites excluding steroid dienone is 1. The fourth-order valence-corrected chi connectivity index (χ4v) is 3.55. The smallest absolute Gasteiger partial charge is 0.287 e. The molecule has 0 atom stereocenters. The Morgan fingerprint density at radius 3 is 2.75 bits per heavy atom. The van der Waals surface area contributed by atoms with Crippen LogP contribution in [0.5, 0.6) is 0 Å². The molecular formula is C21H25N5O2. The highest BCUT2D eigenvalue weighted by Gasteiger charge is 2.30. The van der Waals surface area contributed by atoms with Crippen molar-refractivity contribution in [2.75, 3.05) is 16.9 Å². The lowest BCUT2D eigenvalue weighted by Crippen LogP contribution is -2.45. The summed E-state index contributed by atoms with van der Waals surface area (Å²) >= 11 is 0. The zero-order valence-corrected chi connectivity index (χ0v) is 16.6. The number of rotatable bonds is 6. The number of hydrogen-bond acceptors (Lipinski definition) is 6. The van der Waals surface area contributed by atoms with Gasteiger partial charge in [0.25, 0.3) is 5.69 Å². The predicted octanol–water partition coefficient (Wildman–Crippen LogP) is 4.85. The van der Waals surface area contributed by atoms with Crippen molar-refractivity contribution in [2.24, 2.45) is 5.10 Å². The van der Waals surface area contributed by atoms with Gasteiger partial charge in [0.05, 0.1) is 16.7 Å². The topological polar surface area (TPSA) is 83.7 Å². The lowest BCUT2D eigenvalue weighted by atomic mass is 9.88. The second-order valence-corrected chi connectivity index (χ2v) is 7.44. The Morgan fingerprint density at radius 1 is 1.32 bits per heavy atom. The first-order valence-electron chi connectivity index (χ1n) is 9.33. The van der Waals surface area contributed by atoms with E-state index in [0.29, 0.717) is 5.82 Å². The van der Waals surface area contributed by atoms with E-state index in [-0.39, 0.29) is 11.2 Å². The molecular weight excluding hydrogens is 354 g/mol. The van der Waals surface area contributed by atoms with Crippen LogP contribution in [0.25, 0.3) is 5.57 Å². The van der Waals surface area contributed by atoms with Crippen LogP contribution >= 0.6 is 0 Å². The molecule has 0 aliphatic carbocycles. The van der Waals surface area contributed by atoms with Crippen molar-refractivity contribution in [1.29, 1.82) is 0 Å². The van der Waals surface area contributed by atoms with Crippen LogP contribution in [0.4, 0.5) is 17.2 Å². The third-order valence-electron chi connectivity index (χ3n) is 4.80. The summed E-state index contributed by atoms with van der Waals surface area (Å²) in [5.74, 6) is 0.451. The molecule has 3 rings (SSSR count). The second-order valence-electron chi connectivity index (χ2n) is 7.44. The van der Waals surface area contributed by atoms with Gasteiger partial charge >= 0.3 is 0 Å². The van der Waals surface area contributed by atoms with Gasteiger partial charge in [-0.2, -0.15) is 5.10 Å². The zero-order chi connectivity index (χ0) is 20.3. The fraction of sp³-hybridized carbons (Fsp3) is 0.333. The highest BCUT2D eigenvalue weighted by Crippen LogP contribution is 2.39. The summed E-state index contributed by atoms with van der Waals surface area (Å²) in [4.78, 5) is 16.6. The monoisotopic (exact) mass is 379 g/mol. The van der Waals surface area contributed by atoms with Gasteiger partial charge in [-0.15, -0.1) is 0 Å². The van der Waals surface area contributed by atoms with E-state index >= 15 is 0 Å². The van der Waals surface area contributed by atoms with E-state index < -0.39 is 4.92 Å². The SMILES string of the molecule is CCCN1c2ccc(/C=N\Nc3ccc([N+](=O)[O-])cn3)cc2C(C)=CC1(C)C. The van der Waals surface area contributed by atoms with Crippen molar-refractivity contribution in [3.05, 3.63) is 63.8 Å². The molecule has 0 unspecified atom stereocenters. The van der Waals surface area contributed by atoms with Crippen LogP contribution in [-0.4, -0.2) is 28.2 Å². The molecule has 0 saturated heterocycles. The molecule has 2 heterocycles. The molecule has 1 N–H and O–H groups in total. The number of nitro groups is 1. The maximum Gasteiger partial charge on any atom is 0.287 e. The quantitative estimate of drug-likeness (QED) is 0.441. The van der Waals surface area contributed by atoms with Crippen LogP contribution in [0.15, 0.2) is 47.7 Å². The molecule has 146 valence electrons. The molecule has 7 heteroatoms. The van der Waals surface area contributed by atoms with Gasteiger partial charge in [0.15, 0.2) is 0 Å². The highest BCUT2D eigenvalue weighted by atomic mass is 16.6. The van der Waals surface area contributed by atoms with E-state index in [1.165, 1.54) is 35.2 Å². The molecule has 0 amide bonds. The molecule has 0 spiro atoms. The largest absolute Gasteiger partial charge is 0.362 e. The first-order valence-corrected chi connectivity index (χ1v) is 9.33. The average molecular weight is 379 g/mol. The molecule has 28 heavy (non-hydrogen) atoms. The molecule has 0 fully saturated rings. The summed E-state index contributed by atoms with van der Waals surface area (Å²) in [6.07, 6.45) is 6.33.